The van der Waals surface area contributed by atoms with Crippen LogP contribution in [0.4, 0.5) is 5.69 Å². The molecule has 0 atom stereocenters. The van der Waals surface area contributed by atoms with Crippen LogP contribution in [0.15, 0.2) is 23.4 Å². The third-order valence-corrected chi connectivity index (χ3v) is 4.77. The van der Waals surface area contributed by atoms with Crippen molar-refractivity contribution in [3.8, 4) is 0 Å². The minimum atomic E-state index is -3.55. The Morgan fingerprint density at radius 2 is 2.10 bits per heavy atom. The summed E-state index contributed by atoms with van der Waals surface area (Å²) in [5, 5.41) is 6.48. The maximum atomic E-state index is 12.3. The summed E-state index contributed by atoms with van der Waals surface area (Å²) in [5.41, 5.74) is 7.70. The number of anilines is 1. The van der Waals surface area contributed by atoms with Gasteiger partial charge in [-0.25, -0.2) is 18.1 Å². The number of rotatable bonds is 6. The summed E-state index contributed by atoms with van der Waals surface area (Å²) in [6, 6.07) is 3.39. The highest BCUT2D eigenvalue weighted by Gasteiger charge is 2.18. The predicted octanol–water partition coefficient (Wildman–Crippen LogP) is 0.915. The number of aromatic nitrogens is 3. The minimum Gasteiger partial charge on any atom is -0.398 e. The number of nitrogens with two attached hydrogens (primary N) is 1. The Bertz CT molecular complexity index is 710. The fourth-order valence-corrected chi connectivity index (χ4v) is 3.45. The van der Waals surface area contributed by atoms with Crippen LogP contribution in [0.5, 0.6) is 0 Å². The molecule has 0 aliphatic heterocycles. The van der Waals surface area contributed by atoms with E-state index in [4.69, 9.17) is 5.73 Å². The second-order valence-corrected chi connectivity index (χ2v) is 6.65. The van der Waals surface area contributed by atoms with Crippen LogP contribution >= 0.6 is 0 Å². The monoisotopic (exact) mass is 309 g/mol. The first-order chi connectivity index (χ1) is 9.90. The van der Waals surface area contributed by atoms with Crippen LogP contribution in [-0.2, 0) is 16.4 Å². The summed E-state index contributed by atoms with van der Waals surface area (Å²) < 4.78 is 27.2. The lowest BCUT2D eigenvalue weighted by atomic mass is 10.1. The molecule has 21 heavy (non-hydrogen) atoms. The molecule has 114 valence electrons. The lowest BCUT2D eigenvalue weighted by Crippen LogP contribution is -2.26. The van der Waals surface area contributed by atoms with Crippen molar-refractivity contribution in [2.45, 2.75) is 31.6 Å². The van der Waals surface area contributed by atoms with E-state index in [1.807, 2.05) is 6.92 Å². The van der Waals surface area contributed by atoms with Crippen LogP contribution < -0.4 is 10.5 Å². The van der Waals surface area contributed by atoms with Crippen LogP contribution in [0, 0.1) is 13.8 Å². The highest BCUT2D eigenvalue weighted by Crippen LogP contribution is 2.22. The van der Waals surface area contributed by atoms with Gasteiger partial charge in [0, 0.05) is 18.7 Å². The molecule has 1 aromatic heterocycles. The molecule has 0 aliphatic carbocycles. The largest absolute Gasteiger partial charge is 0.398 e. The van der Waals surface area contributed by atoms with Gasteiger partial charge in [-0.1, -0.05) is 0 Å². The quantitative estimate of drug-likeness (QED) is 0.542. The van der Waals surface area contributed by atoms with Gasteiger partial charge in [-0.05, 0) is 43.5 Å². The first-order valence-corrected chi connectivity index (χ1v) is 8.09. The molecule has 4 N–H and O–H groups in total. The van der Waals surface area contributed by atoms with Crippen LogP contribution in [0.1, 0.15) is 23.4 Å². The van der Waals surface area contributed by atoms with Gasteiger partial charge in [0.15, 0.2) is 0 Å². The van der Waals surface area contributed by atoms with Crippen molar-refractivity contribution in [2.75, 3.05) is 12.3 Å². The molecular formula is C13H19N5O2S. The number of hydrogen-bond acceptors (Lipinski definition) is 5. The Labute approximate surface area is 124 Å². The van der Waals surface area contributed by atoms with Crippen molar-refractivity contribution < 1.29 is 8.42 Å². The van der Waals surface area contributed by atoms with E-state index in [9.17, 15) is 8.42 Å². The van der Waals surface area contributed by atoms with E-state index in [-0.39, 0.29) is 4.90 Å². The molecule has 0 radical (unpaired) electrons. The van der Waals surface area contributed by atoms with Crippen molar-refractivity contribution in [3.05, 3.63) is 35.4 Å². The van der Waals surface area contributed by atoms with E-state index in [1.165, 1.54) is 6.33 Å². The summed E-state index contributed by atoms with van der Waals surface area (Å²) in [4.78, 5) is 4.22. The maximum Gasteiger partial charge on any atom is 0.240 e. The number of nitrogens with zero attached hydrogens (tertiary/aromatic N) is 2. The van der Waals surface area contributed by atoms with Crippen LogP contribution in [0.2, 0.25) is 0 Å². The molecule has 1 heterocycles. The fraction of sp³-hybridized carbons (Fsp3) is 0.385. The summed E-state index contributed by atoms with van der Waals surface area (Å²) in [6.07, 6.45) is 2.70. The molecule has 1 aromatic carbocycles. The Balaban J connectivity index is 2.02. The van der Waals surface area contributed by atoms with Gasteiger partial charge in [0.1, 0.15) is 12.2 Å². The van der Waals surface area contributed by atoms with E-state index in [2.05, 4.69) is 19.9 Å². The molecule has 0 aliphatic rings. The molecule has 8 heteroatoms. The highest BCUT2D eigenvalue weighted by molar-refractivity contribution is 7.89. The van der Waals surface area contributed by atoms with Gasteiger partial charge in [-0.2, -0.15) is 5.10 Å². The van der Waals surface area contributed by atoms with E-state index in [1.54, 1.807) is 19.1 Å². The van der Waals surface area contributed by atoms with Crippen LogP contribution in [0.25, 0.3) is 0 Å². The number of aryl methyl sites for hydroxylation is 2. The SMILES string of the molecule is Cc1cc(N)c(C)c(S(=O)(=O)NCCCc2ncn[nH]2)c1. The minimum absolute atomic E-state index is 0.236. The molecule has 0 fully saturated rings. The summed E-state index contributed by atoms with van der Waals surface area (Å²) in [7, 11) is -3.55. The third-order valence-electron chi connectivity index (χ3n) is 3.18. The molecule has 7 nitrogen and oxygen atoms in total. The molecule has 0 spiro atoms. The summed E-state index contributed by atoms with van der Waals surface area (Å²) in [5.74, 6) is 0.741. The topological polar surface area (TPSA) is 114 Å². The van der Waals surface area contributed by atoms with Gasteiger partial charge >= 0.3 is 0 Å². The van der Waals surface area contributed by atoms with Gasteiger partial charge in [-0.15, -0.1) is 0 Å². The number of hydrogen-bond donors (Lipinski definition) is 3. The zero-order chi connectivity index (χ0) is 15.5. The molecule has 0 amide bonds. The second-order valence-electron chi connectivity index (χ2n) is 4.91. The average molecular weight is 309 g/mol. The van der Waals surface area contributed by atoms with Crippen LogP contribution in [-0.4, -0.2) is 30.1 Å². The van der Waals surface area contributed by atoms with Crippen molar-refractivity contribution in [1.82, 2.24) is 19.9 Å². The standard InChI is InChI=1S/C13H19N5O2S/c1-9-6-11(14)10(2)12(7-9)21(19,20)17-5-3-4-13-15-8-16-18-13/h6-8,17H,3-5,14H2,1-2H3,(H,15,16,18). The molecule has 2 rings (SSSR count). The first-order valence-electron chi connectivity index (χ1n) is 6.61. The number of aromatic amines is 1. The molecular weight excluding hydrogens is 290 g/mol. The lowest BCUT2D eigenvalue weighted by molar-refractivity contribution is 0.577. The smallest absolute Gasteiger partial charge is 0.240 e. The fourth-order valence-electron chi connectivity index (χ4n) is 2.02. The average Bonchev–Trinajstić information content (AvgIpc) is 2.92. The summed E-state index contributed by atoms with van der Waals surface area (Å²) in [6.45, 7) is 3.85. The number of sulfonamides is 1. The number of nitrogen functional groups attached to an aromatic ring is 1. The van der Waals surface area contributed by atoms with Crippen molar-refractivity contribution in [2.24, 2.45) is 0 Å². The summed E-state index contributed by atoms with van der Waals surface area (Å²) >= 11 is 0. The van der Waals surface area contributed by atoms with Crippen molar-refractivity contribution >= 4 is 15.7 Å². The van der Waals surface area contributed by atoms with Gasteiger partial charge < -0.3 is 5.73 Å². The molecule has 0 saturated carbocycles. The maximum absolute atomic E-state index is 12.3. The van der Waals surface area contributed by atoms with E-state index in [0.717, 1.165) is 11.4 Å². The Kier molecular flexibility index (Phi) is 4.59. The predicted molar refractivity (Wildman–Crippen MR) is 80.2 cm³/mol. The lowest BCUT2D eigenvalue weighted by Gasteiger charge is -2.12. The Morgan fingerprint density at radius 3 is 2.76 bits per heavy atom. The molecule has 0 unspecified atom stereocenters. The van der Waals surface area contributed by atoms with Gasteiger partial charge in [0.05, 0.1) is 4.90 Å². The van der Waals surface area contributed by atoms with Gasteiger partial charge in [0.2, 0.25) is 10.0 Å². The normalized spacial score (nSPS) is 11.7. The third kappa shape index (κ3) is 3.79. The number of H-pyrrole nitrogens is 1. The second kappa shape index (κ2) is 6.23. The zero-order valence-corrected chi connectivity index (χ0v) is 12.9. The molecule has 0 saturated heterocycles. The number of nitrogens with one attached hydrogen (secondary N) is 2. The van der Waals surface area contributed by atoms with E-state index < -0.39 is 10.0 Å². The molecule has 2 aromatic rings. The van der Waals surface area contributed by atoms with Gasteiger partial charge in [0.25, 0.3) is 0 Å². The van der Waals surface area contributed by atoms with Gasteiger partial charge in [-0.3, -0.25) is 5.10 Å². The molecule has 0 bridgehead atoms. The highest BCUT2D eigenvalue weighted by atomic mass is 32.2. The first kappa shape index (κ1) is 15.5. The van der Waals surface area contributed by atoms with Crippen molar-refractivity contribution in [1.29, 1.82) is 0 Å². The van der Waals surface area contributed by atoms with E-state index in [0.29, 0.717) is 30.6 Å². The zero-order valence-electron chi connectivity index (χ0n) is 12.0. The van der Waals surface area contributed by atoms with E-state index >= 15 is 0 Å². The van der Waals surface area contributed by atoms with Crippen LogP contribution in [0.3, 0.4) is 0 Å². The number of benzene rings is 1. The Morgan fingerprint density at radius 1 is 1.33 bits per heavy atom. The Hall–Kier alpha value is -1.93. The van der Waals surface area contributed by atoms with Crippen molar-refractivity contribution in [3.63, 3.8) is 0 Å².